The quantitative estimate of drug-likeness (QED) is 0.161. The van der Waals surface area contributed by atoms with Crippen LogP contribution in [0.15, 0.2) is 235 Å². The molecule has 0 saturated carbocycles. The first-order valence-electron chi connectivity index (χ1n) is 20.8. The van der Waals surface area contributed by atoms with Crippen molar-refractivity contribution in [3.63, 3.8) is 0 Å². The normalized spacial score (nSPS) is 11.6. The van der Waals surface area contributed by atoms with Crippen molar-refractivity contribution in [2.45, 2.75) is 0 Å². The first-order valence-corrected chi connectivity index (χ1v) is 20.8. The molecule has 0 bridgehead atoms. The lowest BCUT2D eigenvalue weighted by molar-refractivity contribution is 0.669. The minimum absolute atomic E-state index is 0.887. The fraction of sp³-hybridized carbons (Fsp3) is 0. The van der Waals surface area contributed by atoms with Crippen LogP contribution in [0.5, 0.6) is 0 Å². The van der Waals surface area contributed by atoms with Gasteiger partial charge < -0.3 is 13.9 Å². The van der Waals surface area contributed by atoms with Gasteiger partial charge in [0.2, 0.25) is 0 Å². The third-order valence-electron chi connectivity index (χ3n) is 12.2. The van der Waals surface area contributed by atoms with E-state index in [0.29, 0.717) is 0 Å². The van der Waals surface area contributed by atoms with Crippen molar-refractivity contribution in [1.29, 1.82) is 0 Å². The summed E-state index contributed by atoms with van der Waals surface area (Å²) in [6.07, 6.45) is 0. The van der Waals surface area contributed by atoms with Crippen molar-refractivity contribution in [3.05, 3.63) is 231 Å². The average molecular weight is 779 g/mol. The van der Waals surface area contributed by atoms with Gasteiger partial charge in [0.1, 0.15) is 11.2 Å². The number of aromatic nitrogens is 1. The van der Waals surface area contributed by atoms with Crippen LogP contribution in [-0.2, 0) is 0 Å². The number of benzene rings is 10. The summed E-state index contributed by atoms with van der Waals surface area (Å²) < 4.78 is 8.64. The lowest BCUT2D eigenvalue weighted by Crippen LogP contribution is -2.11. The van der Waals surface area contributed by atoms with Crippen molar-refractivity contribution in [3.8, 4) is 39.1 Å². The molecule has 0 amide bonds. The van der Waals surface area contributed by atoms with Crippen molar-refractivity contribution in [2.75, 3.05) is 4.90 Å². The summed E-state index contributed by atoms with van der Waals surface area (Å²) in [6.45, 7) is 0. The minimum Gasteiger partial charge on any atom is -0.456 e. The summed E-state index contributed by atoms with van der Waals surface area (Å²) in [4.78, 5) is 2.40. The van der Waals surface area contributed by atoms with Crippen LogP contribution >= 0.6 is 0 Å². The van der Waals surface area contributed by atoms with Crippen LogP contribution in [0.2, 0.25) is 0 Å². The molecule has 0 aliphatic heterocycles. The summed E-state index contributed by atoms with van der Waals surface area (Å²) in [5.41, 5.74) is 15.5. The fourth-order valence-corrected chi connectivity index (χ4v) is 9.26. The maximum atomic E-state index is 6.25. The highest BCUT2D eigenvalue weighted by Crippen LogP contribution is 2.44. The summed E-state index contributed by atoms with van der Waals surface area (Å²) in [5, 5.41) is 7.21. The molecule has 2 aromatic heterocycles. The monoisotopic (exact) mass is 778 g/mol. The standard InChI is InChI=1S/C58H38N2O/c1-2-14-41-36-44(28-27-39(41)13-1)43-16-11-15-42(35-43)40-29-32-46(33-30-40)59(47-17-12-18-48(38-47)60-55-24-8-4-20-50(55)51-21-5-9-25-56(51)60)54-23-7-3-19-49(54)45-31-34-58-53(37-45)52-22-6-10-26-57(52)61-58/h1-38H. The van der Waals surface area contributed by atoms with Crippen LogP contribution in [0.1, 0.15) is 0 Å². The van der Waals surface area contributed by atoms with Crippen LogP contribution in [0, 0.1) is 0 Å². The largest absolute Gasteiger partial charge is 0.456 e. The van der Waals surface area contributed by atoms with E-state index < -0.39 is 0 Å². The van der Waals surface area contributed by atoms with Gasteiger partial charge >= 0.3 is 0 Å². The minimum atomic E-state index is 0.887. The lowest BCUT2D eigenvalue weighted by atomic mass is 9.97. The van der Waals surface area contributed by atoms with Crippen molar-refractivity contribution in [1.82, 2.24) is 4.57 Å². The number of fused-ring (bicyclic) bond motifs is 7. The van der Waals surface area contributed by atoms with Gasteiger partial charge in [0, 0.05) is 44.2 Å². The van der Waals surface area contributed by atoms with Gasteiger partial charge in [-0.1, -0.05) is 152 Å². The molecule has 3 heteroatoms. The van der Waals surface area contributed by atoms with E-state index in [4.69, 9.17) is 4.42 Å². The molecule has 0 aliphatic rings. The van der Waals surface area contributed by atoms with E-state index in [-0.39, 0.29) is 0 Å². The second-order valence-corrected chi connectivity index (χ2v) is 15.7. The zero-order valence-corrected chi connectivity index (χ0v) is 33.2. The van der Waals surface area contributed by atoms with E-state index >= 15 is 0 Å². The Morgan fingerprint density at radius 2 is 0.934 bits per heavy atom. The van der Waals surface area contributed by atoms with Gasteiger partial charge in [-0.2, -0.15) is 0 Å². The summed E-state index contributed by atoms with van der Waals surface area (Å²) in [6, 6.07) is 83.1. The van der Waals surface area contributed by atoms with Gasteiger partial charge in [-0.25, -0.2) is 0 Å². The number of hydrogen-bond donors (Lipinski definition) is 0. The van der Waals surface area contributed by atoms with E-state index in [0.717, 1.165) is 61.4 Å². The first kappa shape index (κ1) is 34.9. The summed E-state index contributed by atoms with van der Waals surface area (Å²) >= 11 is 0. The molecule has 2 heterocycles. The van der Waals surface area contributed by atoms with E-state index in [2.05, 4.69) is 228 Å². The summed E-state index contributed by atoms with van der Waals surface area (Å²) in [7, 11) is 0. The molecule has 12 rings (SSSR count). The SMILES string of the molecule is c1cc(-c2ccc(N(c3cccc(-n4c5ccccc5c5ccccc54)c3)c3ccccc3-c3ccc4oc5ccccc5c4c3)cc2)cc(-c2ccc3ccccc3c2)c1. The number of rotatable bonds is 7. The van der Waals surface area contributed by atoms with Crippen molar-refractivity contribution in [2.24, 2.45) is 0 Å². The molecule has 0 unspecified atom stereocenters. The highest BCUT2D eigenvalue weighted by Gasteiger charge is 2.20. The smallest absolute Gasteiger partial charge is 0.135 e. The molecule has 0 aliphatic carbocycles. The number of nitrogens with zero attached hydrogens (tertiary/aromatic N) is 2. The van der Waals surface area contributed by atoms with Crippen LogP contribution < -0.4 is 4.90 Å². The van der Waals surface area contributed by atoms with Crippen LogP contribution in [-0.4, -0.2) is 4.57 Å². The summed E-state index contributed by atoms with van der Waals surface area (Å²) in [5.74, 6) is 0. The Bertz CT molecular complexity index is 3560. The van der Waals surface area contributed by atoms with Gasteiger partial charge in [-0.15, -0.1) is 0 Å². The third kappa shape index (κ3) is 5.98. The Hall–Kier alpha value is -8.14. The Balaban J connectivity index is 1.01. The van der Waals surface area contributed by atoms with Gasteiger partial charge in [-0.05, 0) is 117 Å². The van der Waals surface area contributed by atoms with E-state index in [9.17, 15) is 0 Å². The van der Waals surface area contributed by atoms with Crippen LogP contribution in [0.3, 0.4) is 0 Å². The van der Waals surface area contributed by atoms with Crippen molar-refractivity contribution >= 4 is 71.6 Å². The Kier molecular flexibility index (Phi) is 8.17. The zero-order valence-electron chi connectivity index (χ0n) is 33.2. The van der Waals surface area contributed by atoms with E-state index in [1.165, 1.54) is 49.3 Å². The van der Waals surface area contributed by atoms with Gasteiger partial charge in [0.25, 0.3) is 0 Å². The molecule has 10 aromatic carbocycles. The first-order chi connectivity index (χ1) is 30.2. The number of anilines is 3. The predicted octanol–water partition coefficient (Wildman–Crippen LogP) is 16.3. The molecule has 61 heavy (non-hydrogen) atoms. The molecule has 286 valence electrons. The zero-order chi connectivity index (χ0) is 40.3. The molecule has 0 fully saturated rings. The predicted molar refractivity (Wildman–Crippen MR) is 257 cm³/mol. The Labute approximate surface area is 353 Å². The van der Waals surface area contributed by atoms with Crippen LogP contribution in [0.25, 0.3) is 93.6 Å². The van der Waals surface area contributed by atoms with Crippen molar-refractivity contribution < 1.29 is 4.42 Å². The molecule has 0 N–H and O–H groups in total. The maximum absolute atomic E-state index is 6.25. The molecular weight excluding hydrogens is 741 g/mol. The van der Waals surface area contributed by atoms with Gasteiger partial charge in [0.05, 0.1) is 16.7 Å². The lowest BCUT2D eigenvalue weighted by Gasteiger charge is -2.28. The number of hydrogen-bond acceptors (Lipinski definition) is 2. The van der Waals surface area contributed by atoms with E-state index in [1.54, 1.807) is 0 Å². The maximum Gasteiger partial charge on any atom is 0.135 e. The number of para-hydroxylation sites is 4. The fourth-order valence-electron chi connectivity index (χ4n) is 9.26. The highest BCUT2D eigenvalue weighted by molar-refractivity contribution is 6.10. The molecule has 12 aromatic rings. The molecule has 0 radical (unpaired) electrons. The molecular formula is C58H38N2O. The molecule has 0 atom stereocenters. The Morgan fingerprint density at radius 1 is 0.328 bits per heavy atom. The Morgan fingerprint density at radius 3 is 1.75 bits per heavy atom. The average Bonchev–Trinajstić information content (AvgIpc) is 3.88. The second-order valence-electron chi connectivity index (χ2n) is 15.7. The van der Waals surface area contributed by atoms with Gasteiger partial charge in [-0.3, -0.25) is 0 Å². The van der Waals surface area contributed by atoms with E-state index in [1.807, 2.05) is 12.1 Å². The highest BCUT2D eigenvalue weighted by atomic mass is 16.3. The third-order valence-corrected chi connectivity index (χ3v) is 12.2. The topological polar surface area (TPSA) is 21.3 Å². The molecule has 0 saturated heterocycles. The van der Waals surface area contributed by atoms with Gasteiger partial charge in [0.15, 0.2) is 0 Å². The second kappa shape index (κ2) is 14.3. The number of furan rings is 1. The van der Waals surface area contributed by atoms with Crippen LogP contribution in [0.4, 0.5) is 17.1 Å². The molecule has 3 nitrogen and oxygen atoms in total. The molecule has 0 spiro atoms.